The molecule has 2 aromatic carbocycles. The molecule has 0 radical (unpaired) electrons. The van der Waals surface area contributed by atoms with Gasteiger partial charge in [-0.2, -0.15) is 5.10 Å². The number of rotatable bonds is 5. The van der Waals surface area contributed by atoms with Crippen molar-refractivity contribution >= 4 is 28.4 Å². The van der Waals surface area contributed by atoms with Crippen molar-refractivity contribution in [3.63, 3.8) is 0 Å². The molecule has 2 aromatic heterocycles. The first-order valence-electron chi connectivity index (χ1n) is 9.72. The van der Waals surface area contributed by atoms with E-state index < -0.39 is 0 Å². The number of hydrogen-bond acceptors (Lipinski definition) is 5. The highest BCUT2D eigenvalue weighted by atomic mass is 19.1. The van der Waals surface area contributed by atoms with E-state index in [1.54, 1.807) is 24.4 Å². The van der Waals surface area contributed by atoms with Gasteiger partial charge in [0.05, 0.1) is 11.6 Å². The van der Waals surface area contributed by atoms with E-state index in [1.807, 2.05) is 25.1 Å². The summed E-state index contributed by atoms with van der Waals surface area (Å²) in [5.41, 5.74) is 3.11. The van der Waals surface area contributed by atoms with Crippen LogP contribution in [0.1, 0.15) is 28.8 Å². The van der Waals surface area contributed by atoms with Gasteiger partial charge in [0, 0.05) is 17.3 Å². The number of anilines is 2. The first-order chi connectivity index (χ1) is 14.6. The molecular weight excluding hydrogens is 383 g/mol. The minimum Gasteiger partial charge on any atom is -0.349 e. The molecule has 0 atom stereocenters. The summed E-state index contributed by atoms with van der Waals surface area (Å²) in [6.07, 6.45) is 5.08. The number of halogens is 1. The van der Waals surface area contributed by atoms with Crippen molar-refractivity contribution in [1.29, 1.82) is 0 Å². The second kappa shape index (κ2) is 7.22. The average molecular weight is 402 g/mol. The zero-order chi connectivity index (χ0) is 20.7. The monoisotopic (exact) mass is 402 g/mol. The van der Waals surface area contributed by atoms with Gasteiger partial charge in [0.25, 0.3) is 5.91 Å². The second-order valence-corrected chi connectivity index (χ2v) is 7.37. The van der Waals surface area contributed by atoms with E-state index in [2.05, 4.69) is 25.7 Å². The Balaban J connectivity index is 1.50. The minimum atomic E-state index is -0.388. The Bertz CT molecular complexity index is 1260. The Kier molecular flexibility index (Phi) is 4.39. The van der Waals surface area contributed by atoms with Crippen LogP contribution in [0.3, 0.4) is 0 Å². The molecule has 8 heteroatoms. The van der Waals surface area contributed by atoms with Crippen molar-refractivity contribution in [2.45, 2.75) is 25.8 Å². The van der Waals surface area contributed by atoms with Crippen LogP contribution in [-0.4, -0.2) is 31.7 Å². The van der Waals surface area contributed by atoms with E-state index in [-0.39, 0.29) is 11.7 Å². The Labute approximate surface area is 172 Å². The number of carbonyl (C=O) groups excluding carboxylic acids is 1. The average Bonchev–Trinajstić information content (AvgIpc) is 3.45. The summed E-state index contributed by atoms with van der Waals surface area (Å²) < 4.78 is 15.7. The Morgan fingerprint density at radius 1 is 1.17 bits per heavy atom. The number of hydrogen-bond donors (Lipinski definition) is 2. The summed E-state index contributed by atoms with van der Waals surface area (Å²) in [6.45, 7) is 1.95. The fourth-order valence-electron chi connectivity index (χ4n) is 3.27. The summed E-state index contributed by atoms with van der Waals surface area (Å²) >= 11 is 0. The van der Waals surface area contributed by atoms with Crippen molar-refractivity contribution in [3.8, 4) is 5.69 Å². The molecule has 4 aromatic rings. The molecule has 0 bridgehead atoms. The van der Waals surface area contributed by atoms with Gasteiger partial charge in [-0.05, 0) is 49.6 Å². The molecule has 30 heavy (non-hydrogen) atoms. The maximum atomic E-state index is 14.2. The number of carbonyl (C=O) groups is 1. The van der Waals surface area contributed by atoms with Gasteiger partial charge in [-0.25, -0.2) is 19.0 Å². The number of nitrogens with zero attached hydrogens (tertiary/aromatic N) is 4. The van der Waals surface area contributed by atoms with Gasteiger partial charge in [-0.15, -0.1) is 0 Å². The third-order valence-corrected chi connectivity index (χ3v) is 5.11. The van der Waals surface area contributed by atoms with Crippen molar-refractivity contribution in [2.75, 3.05) is 5.32 Å². The number of aryl methyl sites for hydroxylation is 1. The number of nitrogens with one attached hydrogen (secondary N) is 2. The van der Waals surface area contributed by atoms with Crippen LogP contribution in [0.4, 0.5) is 15.9 Å². The molecule has 1 saturated carbocycles. The van der Waals surface area contributed by atoms with Crippen LogP contribution in [-0.2, 0) is 0 Å². The molecule has 1 fully saturated rings. The molecule has 5 rings (SSSR count). The quantitative estimate of drug-likeness (QED) is 0.529. The Morgan fingerprint density at radius 2 is 2.00 bits per heavy atom. The lowest BCUT2D eigenvalue weighted by atomic mass is 10.1. The molecule has 0 unspecified atom stereocenters. The van der Waals surface area contributed by atoms with Gasteiger partial charge >= 0.3 is 0 Å². The Hall–Kier alpha value is -3.81. The van der Waals surface area contributed by atoms with E-state index in [0.29, 0.717) is 34.1 Å². The highest BCUT2D eigenvalue weighted by Gasteiger charge is 2.24. The van der Waals surface area contributed by atoms with E-state index in [4.69, 9.17) is 0 Å². The molecule has 7 nitrogen and oxygen atoms in total. The van der Waals surface area contributed by atoms with Crippen LogP contribution in [0.25, 0.3) is 16.7 Å². The molecule has 150 valence electrons. The number of para-hydroxylation sites is 1. The molecule has 1 aliphatic carbocycles. The highest BCUT2D eigenvalue weighted by molar-refractivity contribution is 5.96. The number of benzene rings is 2. The van der Waals surface area contributed by atoms with Crippen LogP contribution in [0, 0.1) is 12.7 Å². The maximum Gasteiger partial charge on any atom is 0.251 e. The van der Waals surface area contributed by atoms with E-state index in [9.17, 15) is 9.18 Å². The SMILES string of the molecule is Cc1ccc(C(=O)NC2CC2)cc1Nc1ncnc2c1cnn2-c1ccccc1F. The zero-order valence-corrected chi connectivity index (χ0v) is 16.3. The standard InChI is InChI=1S/C22H19FN6O/c1-13-6-7-14(22(30)27-15-8-9-15)10-18(13)28-20-16-11-26-29(21(16)25-12-24-20)19-5-3-2-4-17(19)23/h2-7,10-12,15H,8-9H2,1H3,(H,27,30)(H,24,25,28). The van der Waals surface area contributed by atoms with E-state index in [1.165, 1.54) is 17.1 Å². The topological polar surface area (TPSA) is 84.7 Å². The first-order valence-corrected chi connectivity index (χ1v) is 9.72. The molecule has 0 saturated heterocycles. The zero-order valence-electron chi connectivity index (χ0n) is 16.3. The third kappa shape index (κ3) is 3.36. The van der Waals surface area contributed by atoms with Crippen molar-refractivity contribution in [2.24, 2.45) is 0 Å². The largest absolute Gasteiger partial charge is 0.349 e. The predicted octanol–water partition coefficient (Wildman–Crippen LogP) is 3.90. The summed E-state index contributed by atoms with van der Waals surface area (Å²) in [5, 5.41) is 11.2. The third-order valence-electron chi connectivity index (χ3n) is 5.11. The molecule has 1 amide bonds. The normalized spacial score (nSPS) is 13.4. The predicted molar refractivity (Wildman–Crippen MR) is 112 cm³/mol. The van der Waals surface area contributed by atoms with Crippen molar-refractivity contribution in [1.82, 2.24) is 25.1 Å². The molecule has 1 aliphatic rings. The summed E-state index contributed by atoms with van der Waals surface area (Å²) in [7, 11) is 0. The molecular formula is C22H19FN6O. The van der Waals surface area contributed by atoms with Gasteiger partial charge < -0.3 is 10.6 Å². The van der Waals surface area contributed by atoms with E-state index >= 15 is 0 Å². The number of amides is 1. The maximum absolute atomic E-state index is 14.2. The Morgan fingerprint density at radius 3 is 2.80 bits per heavy atom. The number of fused-ring (bicyclic) bond motifs is 1. The van der Waals surface area contributed by atoms with Crippen LogP contribution < -0.4 is 10.6 Å². The van der Waals surface area contributed by atoms with Crippen molar-refractivity contribution < 1.29 is 9.18 Å². The first kappa shape index (κ1) is 18.2. The summed E-state index contributed by atoms with van der Waals surface area (Å²) in [4.78, 5) is 21.0. The lowest BCUT2D eigenvalue weighted by Gasteiger charge is -2.12. The van der Waals surface area contributed by atoms with Crippen LogP contribution >= 0.6 is 0 Å². The lowest BCUT2D eigenvalue weighted by Crippen LogP contribution is -2.25. The molecule has 2 N–H and O–H groups in total. The smallest absolute Gasteiger partial charge is 0.251 e. The molecule has 2 heterocycles. The molecule has 0 aliphatic heterocycles. The van der Waals surface area contributed by atoms with Gasteiger partial charge in [0.1, 0.15) is 23.6 Å². The highest BCUT2D eigenvalue weighted by Crippen LogP contribution is 2.28. The minimum absolute atomic E-state index is 0.0826. The second-order valence-electron chi connectivity index (χ2n) is 7.37. The number of aromatic nitrogens is 4. The van der Waals surface area contributed by atoms with Crippen LogP contribution in [0.5, 0.6) is 0 Å². The van der Waals surface area contributed by atoms with Gasteiger partial charge in [0.2, 0.25) is 0 Å². The van der Waals surface area contributed by atoms with Crippen molar-refractivity contribution in [3.05, 3.63) is 71.9 Å². The fourth-order valence-corrected chi connectivity index (χ4v) is 3.27. The fraction of sp³-hybridized carbons (Fsp3) is 0.182. The summed E-state index contributed by atoms with van der Waals surface area (Å²) in [6, 6.07) is 12.2. The van der Waals surface area contributed by atoms with Gasteiger partial charge in [-0.1, -0.05) is 18.2 Å². The summed E-state index contributed by atoms with van der Waals surface area (Å²) in [5.74, 6) is 0.0621. The van der Waals surface area contributed by atoms with Gasteiger partial charge in [-0.3, -0.25) is 4.79 Å². The van der Waals surface area contributed by atoms with Gasteiger partial charge in [0.15, 0.2) is 5.65 Å². The van der Waals surface area contributed by atoms with Crippen LogP contribution in [0.15, 0.2) is 55.0 Å². The van der Waals surface area contributed by atoms with E-state index in [0.717, 1.165) is 24.1 Å². The van der Waals surface area contributed by atoms with Crippen LogP contribution in [0.2, 0.25) is 0 Å². The molecule has 0 spiro atoms. The lowest BCUT2D eigenvalue weighted by molar-refractivity contribution is 0.0951.